The van der Waals surface area contributed by atoms with E-state index in [2.05, 4.69) is 4.98 Å². The first-order valence-corrected chi connectivity index (χ1v) is 7.89. The normalized spacial score (nSPS) is 21.3. The molecule has 2 rings (SSSR count). The third-order valence-corrected chi connectivity index (χ3v) is 5.17. The van der Waals surface area contributed by atoms with Crippen LogP contribution in [0.5, 0.6) is 0 Å². The van der Waals surface area contributed by atoms with Gasteiger partial charge in [-0.05, 0) is 12.5 Å². The molecule has 1 unspecified atom stereocenters. The van der Waals surface area contributed by atoms with Crippen LogP contribution in [0.25, 0.3) is 0 Å². The molecular weight excluding hydrogens is 290 g/mol. The summed E-state index contributed by atoms with van der Waals surface area (Å²) < 4.78 is 22.9. The zero-order valence-electron chi connectivity index (χ0n) is 10.3. The minimum absolute atomic E-state index is 0.00599. The van der Waals surface area contributed by atoms with Crippen molar-refractivity contribution in [2.45, 2.75) is 12.5 Å². The molecule has 0 aliphatic carbocycles. The number of anilines is 1. The first-order chi connectivity index (χ1) is 8.80. The van der Waals surface area contributed by atoms with E-state index in [-0.39, 0.29) is 39.9 Å². The molecule has 0 aromatic carbocycles. The molecule has 6 nitrogen and oxygen atoms in total. The smallest absolute Gasteiger partial charge is 0.256 e. The number of nitrogens with zero attached hydrogens (tertiary/aromatic N) is 2. The Morgan fingerprint density at radius 1 is 1.58 bits per heavy atom. The fourth-order valence-corrected chi connectivity index (χ4v) is 3.99. The fraction of sp³-hybridized carbons (Fsp3) is 0.455. The highest BCUT2D eigenvalue weighted by Gasteiger charge is 2.33. The number of hydrogen-bond donors (Lipinski definition) is 1. The molecule has 2 heterocycles. The van der Waals surface area contributed by atoms with E-state index < -0.39 is 9.84 Å². The second-order valence-electron chi connectivity index (χ2n) is 4.57. The van der Waals surface area contributed by atoms with Crippen LogP contribution in [0, 0.1) is 0 Å². The summed E-state index contributed by atoms with van der Waals surface area (Å²) in [6.45, 7) is 0. The lowest BCUT2D eigenvalue weighted by atomic mass is 10.1. The predicted octanol–water partition coefficient (Wildman–Crippen LogP) is 0.576. The van der Waals surface area contributed by atoms with E-state index in [4.69, 9.17) is 17.3 Å². The zero-order chi connectivity index (χ0) is 14.2. The van der Waals surface area contributed by atoms with Crippen LogP contribution < -0.4 is 5.73 Å². The maximum atomic E-state index is 12.3. The number of aromatic nitrogens is 1. The molecule has 0 bridgehead atoms. The molecule has 1 aromatic heterocycles. The standard InChI is InChI=1S/C11H14ClN3O3S/c1-15(7-2-3-19(17,18)6-7)11(16)8-4-10(12)14-5-9(8)13/h4-5,7H,2-3,6,13H2,1H3. The number of halogens is 1. The quantitative estimate of drug-likeness (QED) is 0.807. The summed E-state index contributed by atoms with van der Waals surface area (Å²) in [4.78, 5) is 17.5. The Morgan fingerprint density at radius 2 is 2.26 bits per heavy atom. The van der Waals surface area contributed by atoms with E-state index in [1.807, 2.05) is 0 Å². The van der Waals surface area contributed by atoms with Crippen LogP contribution in [0.4, 0.5) is 5.69 Å². The van der Waals surface area contributed by atoms with E-state index in [1.165, 1.54) is 17.2 Å². The molecule has 1 aliphatic rings. The van der Waals surface area contributed by atoms with Crippen molar-refractivity contribution in [1.82, 2.24) is 9.88 Å². The lowest BCUT2D eigenvalue weighted by molar-refractivity contribution is 0.0748. The summed E-state index contributed by atoms with van der Waals surface area (Å²) >= 11 is 5.74. The van der Waals surface area contributed by atoms with Crippen molar-refractivity contribution in [2.24, 2.45) is 0 Å². The summed E-state index contributed by atoms with van der Waals surface area (Å²) in [5.41, 5.74) is 6.16. The number of nitrogen functional groups attached to an aromatic ring is 1. The Bertz CT molecular complexity index is 618. The van der Waals surface area contributed by atoms with Crippen molar-refractivity contribution in [1.29, 1.82) is 0 Å². The Hall–Kier alpha value is -1.34. The van der Waals surface area contributed by atoms with Gasteiger partial charge in [0, 0.05) is 13.1 Å². The van der Waals surface area contributed by atoms with Gasteiger partial charge in [0.05, 0.1) is 29.0 Å². The minimum atomic E-state index is -3.04. The lowest BCUT2D eigenvalue weighted by Gasteiger charge is -2.24. The second kappa shape index (κ2) is 4.97. The van der Waals surface area contributed by atoms with Crippen LogP contribution in [0.3, 0.4) is 0 Å². The highest BCUT2D eigenvalue weighted by atomic mass is 35.5. The molecule has 0 radical (unpaired) electrons. The monoisotopic (exact) mass is 303 g/mol. The van der Waals surface area contributed by atoms with Crippen LogP contribution in [-0.2, 0) is 9.84 Å². The molecule has 0 spiro atoms. The summed E-state index contributed by atoms with van der Waals surface area (Å²) in [6, 6.07) is 1.07. The fourth-order valence-electron chi connectivity index (χ4n) is 2.06. The van der Waals surface area contributed by atoms with E-state index >= 15 is 0 Å². The number of sulfone groups is 1. The highest BCUT2D eigenvalue weighted by molar-refractivity contribution is 7.91. The summed E-state index contributed by atoms with van der Waals surface area (Å²) in [5, 5.41) is 0.171. The molecule has 104 valence electrons. The van der Waals surface area contributed by atoms with E-state index in [9.17, 15) is 13.2 Å². The van der Waals surface area contributed by atoms with Crippen LogP contribution in [-0.4, -0.2) is 48.8 Å². The van der Waals surface area contributed by atoms with Gasteiger partial charge in [-0.1, -0.05) is 11.6 Å². The highest BCUT2D eigenvalue weighted by Crippen LogP contribution is 2.21. The Kier molecular flexibility index (Phi) is 3.69. The average molecular weight is 304 g/mol. The Morgan fingerprint density at radius 3 is 2.84 bits per heavy atom. The van der Waals surface area contributed by atoms with Gasteiger partial charge in [0.1, 0.15) is 5.15 Å². The van der Waals surface area contributed by atoms with Crippen molar-refractivity contribution in [2.75, 3.05) is 24.3 Å². The molecule has 1 saturated heterocycles. The summed E-state index contributed by atoms with van der Waals surface area (Å²) in [5.74, 6) is -0.237. The largest absolute Gasteiger partial charge is 0.397 e. The van der Waals surface area contributed by atoms with Gasteiger partial charge in [0.15, 0.2) is 9.84 Å². The Balaban J connectivity index is 2.22. The topological polar surface area (TPSA) is 93.4 Å². The van der Waals surface area contributed by atoms with E-state index in [1.54, 1.807) is 7.05 Å². The molecule has 1 fully saturated rings. The SMILES string of the molecule is CN(C(=O)c1cc(Cl)ncc1N)C1CCS(=O)(=O)C1. The van der Waals surface area contributed by atoms with Crippen LogP contribution >= 0.6 is 11.6 Å². The second-order valence-corrected chi connectivity index (χ2v) is 7.18. The predicted molar refractivity (Wildman–Crippen MR) is 72.8 cm³/mol. The molecule has 1 aromatic rings. The number of hydrogen-bond acceptors (Lipinski definition) is 5. The van der Waals surface area contributed by atoms with E-state index in [0.29, 0.717) is 6.42 Å². The molecule has 1 atom stereocenters. The number of rotatable bonds is 2. The Labute approximate surface area is 116 Å². The first kappa shape index (κ1) is 14.1. The maximum absolute atomic E-state index is 12.3. The van der Waals surface area contributed by atoms with Crippen molar-refractivity contribution < 1.29 is 13.2 Å². The number of pyridine rings is 1. The van der Waals surface area contributed by atoms with Gasteiger partial charge >= 0.3 is 0 Å². The summed E-state index contributed by atoms with van der Waals surface area (Å²) in [6.07, 6.45) is 1.76. The molecule has 0 saturated carbocycles. The minimum Gasteiger partial charge on any atom is -0.397 e. The van der Waals surface area contributed by atoms with Crippen molar-refractivity contribution in [3.05, 3.63) is 23.0 Å². The maximum Gasteiger partial charge on any atom is 0.256 e. The average Bonchev–Trinajstić information content (AvgIpc) is 2.71. The molecule has 8 heteroatoms. The van der Waals surface area contributed by atoms with Crippen molar-refractivity contribution in [3.8, 4) is 0 Å². The number of nitrogens with two attached hydrogens (primary N) is 1. The number of amides is 1. The van der Waals surface area contributed by atoms with E-state index in [0.717, 1.165) is 0 Å². The third kappa shape index (κ3) is 2.98. The van der Waals surface area contributed by atoms with Crippen LogP contribution in [0.15, 0.2) is 12.3 Å². The van der Waals surface area contributed by atoms with Gasteiger partial charge in [-0.25, -0.2) is 13.4 Å². The van der Waals surface area contributed by atoms with Gasteiger partial charge in [-0.2, -0.15) is 0 Å². The van der Waals surface area contributed by atoms with Crippen LogP contribution in [0.2, 0.25) is 5.15 Å². The number of carbonyl (C=O) groups is 1. The lowest BCUT2D eigenvalue weighted by Crippen LogP contribution is -2.38. The summed E-state index contributed by atoms with van der Waals surface area (Å²) in [7, 11) is -1.47. The molecular formula is C11H14ClN3O3S. The molecule has 19 heavy (non-hydrogen) atoms. The van der Waals surface area contributed by atoms with Crippen molar-refractivity contribution >= 4 is 33.0 Å². The first-order valence-electron chi connectivity index (χ1n) is 5.69. The molecule has 1 aliphatic heterocycles. The van der Waals surface area contributed by atoms with Gasteiger partial charge < -0.3 is 10.6 Å². The molecule has 2 N–H and O–H groups in total. The third-order valence-electron chi connectivity index (χ3n) is 3.21. The van der Waals surface area contributed by atoms with Gasteiger partial charge in [-0.3, -0.25) is 4.79 Å². The van der Waals surface area contributed by atoms with Gasteiger partial charge in [-0.15, -0.1) is 0 Å². The van der Waals surface area contributed by atoms with Gasteiger partial charge in [0.25, 0.3) is 5.91 Å². The van der Waals surface area contributed by atoms with Crippen LogP contribution in [0.1, 0.15) is 16.8 Å². The van der Waals surface area contributed by atoms with Gasteiger partial charge in [0.2, 0.25) is 0 Å². The molecule has 1 amide bonds. The number of carbonyl (C=O) groups excluding carboxylic acids is 1. The van der Waals surface area contributed by atoms with Crippen molar-refractivity contribution in [3.63, 3.8) is 0 Å². The zero-order valence-corrected chi connectivity index (χ0v) is 11.9.